The molecule has 0 aliphatic carbocycles. The highest BCUT2D eigenvalue weighted by molar-refractivity contribution is 7.88. The van der Waals surface area contributed by atoms with Gasteiger partial charge in [-0.2, -0.15) is 0 Å². The molecular formula is C16H18ClNO4S. The molecule has 2 aromatic carbocycles. The van der Waals surface area contributed by atoms with Crippen molar-refractivity contribution in [2.75, 3.05) is 20.3 Å². The van der Waals surface area contributed by atoms with Crippen molar-refractivity contribution in [2.24, 2.45) is 0 Å². The van der Waals surface area contributed by atoms with Crippen LogP contribution in [-0.4, -0.2) is 28.7 Å². The number of ether oxygens (including phenoxy) is 2. The number of hydrogen-bond acceptors (Lipinski definition) is 4. The number of benzene rings is 2. The van der Waals surface area contributed by atoms with Crippen molar-refractivity contribution in [3.8, 4) is 11.5 Å². The van der Waals surface area contributed by atoms with Gasteiger partial charge < -0.3 is 9.47 Å². The van der Waals surface area contributed by atoms with Crippen LogP contribution in [0.2, 0.25) is 5.02 Å². The number of nitrogens with one attached hydrogen (secondary N) is 1. The molecule has 0 saturated heterocycles. The van der Waals surface area contributed by atoms with E-state index in [1.165, 1.54) is 0 Å². The van der Waals surface area contributed by atoms with E-state index in [4.69, 9.17) is 21.1 Å². The van der Waals surface area contributed by atoms with Crippen LogP contribution in [0.1, 0.15) is 5.56 Å². The van der Waals surface area contributed by atoms with Gasteiger partial charge in [0.1, 0.15) is 6.61 Å². The van der Waals surface area contributed by atoms with E-state index >= 15 is 0 Å². The van der Waals surface area contributed by atoms with Gasteiger partial charge in [-0.1, -0.05) is 35.9 Å². The lowest BCUT2D eigenvalue weighted by molar-refractivity contribution is 0.298. The molecule has 0 aliphatic heterocycles. The van der Waals surface area contributed by atoms with Crippen molar-refractivity contribution >= 4 is 21.6 Å². The van der Waals surface area contributed by atoms with Crippen LogP contribution < -0.4 is 14.2 Å². The van der Waals surface area contributed by atoms with Gasteiger partial charge in [0.15, 0.2) is 11.5 Å². The quantitative estimate of drug-likeness (QED) is 0.739. The van der Waals surface area contributed by atoms with Crippen LogP contribution in [0.25, 0.3) is 0 Å². The second kappa shape index (κ2) is 8.19. The Labute approximate surface area is 141 Å². The fourth-order valence-electron chi connectivity index (χ4n) is 1.99. The third kappa shape index (κ3) is 5.74. The summed E-state index contributed by atoms with van der Waals surface area (Å²) in [6.07, 6.45) is 0. The Balaban J connectivity index is 1.83. The Morgan fingerprint density at radius 2 is 1.83 bits per heavy atom. The van der Waals surface area contributed by atoms with Crippen molar-refractivity contribution in [2.45, 2.75) is 5.75 Å². The minimum absolute atomic E-state index is 0.123. The maximum absolute atomic E-state index is 12.0. The average Bonchev–Trinajstić information content (AvgIpc) is 2.51. The number of halogens is 1. The van der Waals surface area contributed by atoms with E-state index in [9.17, 15) is 8.42 Å². The molecule has 0 aliphatic rings. The lowest BCUT2D eigenvalue weighted by Gasteiger charge is -2.11. The highest BCUT2D eigenvalue weighted by Gasteiger charge is 2.11. The van der Waals surface area contributed by atoms with Crippen LogP contribution in [-0.2, 0) is 15.8 Å². The normalized spacial score (nSPS) is 11.2. The van der Waals surface area contributed by atoms with E-state index in [1.807, 2.05) is 12.1 Å². The first-order valence-corrected chi connectivity index (χ1v) is 9.01. The minimum atomic E-state index is -3.44. The third-order valence-corrected chi connectivity index (χ3v) is 4.59. The average molecular weight is 356 g/mol. The summed E-state index contributed by atoms with van der Waals surface area (Å²) in [7, 11) is -1.89. The van der Waals surface area contributed by atoms with Gasteiger partial charge in [0, 0.05) is 11.6 Å². The Morgan fingerprint density at radius 1 is 1.09 bits per heavy atom. The molecule has 2 aromatic rings. The molecule has 0 saturated carbocycles. The SMILES string of the molecule is COc1ccccc1OCCNS(=O)(=O)Cc1cccc(Cl)c1. The van der Waals surface area contributed by atoms with Gasteiger partial charge in [-0.3, -0.25) is 0 Å². The van der Waals surface area contributed by atoms with Gasteiger partial charge in [0.05, 0.1) is 12.9 Å². The van der Waals surface area contributed by atoms with Gasteiger partial charge in [-0.15, -0.1) is 0 Å². The van der Waals surface area contributed by atoms with Crippen molar-refractivity contribution in [3.63, 3.8) is 0 Å². The Bertz CT molecular complexity index is 749. The zero-order valence-corrected chi connectivity index (χ0v) is 14.2. The van der Waals surface area contributed by atoms with Crippen LogP contribution in [0.4, 0.5) is 0 Å². The van der Waals surface area contributed by atoms with Crippen LogP contribution in [0, 0.1) is 0 Å². The predicted molar refractivity (Wildman–Crippen MR) is 90.6 cm³/mol. The molecular weight excluding hydrogens is 338 g/mol. The Morgan fingerprint density at radius 3 is 2.52 bits per heavy atom. The minimum Gasteiger partial charge on any atom is -0.493 e. The molecule has 7 heteroatoms. The van der Waals surface area contributed by atoms with E-state index in [0.717, 1.165) is 0 Å². The molecule has 1 N–H and O–H groups in total. The van der Waals surface area contributed by atoms with Gasteiger partial charge in [0.2, 0.25) is 10.0 Å². The number of para-hydroxylation sites is 2. The lowest BCUT2D eigenvalue weighted by Crippen LogP contribution is -2.29. The first-order chi connectivity index (χ1) is 11.0. The summed E-state index contributed by atoms with van der Waals surface area (Å²) in [5.41, 5.74) is 0.635. The molecule has 124 valence electrons. The second-order valence-electron chi connectivity index (χ2n) is 4.78. The second-order valence-corrected chi connectivity index (χ2v) is 7.03. The molecule has 0 unspecified atom stereocenters. The summed E-state index contributed by atoms with van der Waals surface area (Å²) in [6, 6.07) is 14.0. The predicted octanol–water partition coefficient (Wildman–Crippen LogP) is 2.85. The molecule has 2 rings (SSSR count). The Hall–Kier alpha value is -1.76. The maximum atomic E-state index is 12.0. The zero-order valence-electron chi connectivity index (χ0n) is 12.7. The van der Waals surface area contributed by atoms with Crippen molar-refractivity contribution in [1.82, 2.24) is 4.72 Å². The maximum Gasteiger partial charge on any atom is 0.215 e. The molecule has 23 heavy (non-hydrogen) atoms. The zero-order chi connectivity index (χ0) is 16.7. The monoisotopic (exact) mass is 355 g/mol. The summed E-state index contributed by atoms with van der Waals surface area (Å²) in [5.74, 6) is 1.06. The summed E-state index contributed by atoms with van der Waals surface area (Å²) in [6.45, 7) is 0.371. The van der Waals surface area contributed by atoms with Gasteiger partial charge in [-0.25, -0.2) is 13.1 Å². The van der Waals surface area contributed by atoms with Gasteiger partial charge >= 0.3 is 0 Å². The fourth-order valence-corrected chi connectivity index (χ4v) is 3.32. The van der Waals surface area contributed by atoms with Crippen molar-refractivity contribution < 1.29 is 17.9 Å². The molecule has 0 amide bonds. The largest absolute Gasteiger partial charge is 0.493 e. The van der Waals surface area contributed by atoms with Gasteiger partial charge in [0.25, 0.3) is 0 Å². The number of methoxy groups -OCH3 is 1. The molecule has 0 heterocycles. The molecule has 0 spiro atoms. The van der Waals surface area contributed by atoms with Gasteiger partial charge in [-0.05, 0) is 29.8 Å². The topological polar surface area (TPSA) is 64.6 Å². The fraction of sp³-hybridized carbons (Fsp3) is 0.250. The van der Waals surface area contributed by atoms with Crippen LogP contribution in [0.3, 0.4) is 0 Å². The first-order valence-electron chi connectivity index (χ1n) is 6.98. The molecule has 0 atom stereocenters. The van der Waals surface area contributed by atoms with Crippen LogP contribution in [0.5, 0.6) is 11.5 Å². The molecule has 0 bridgehead atoms. The highest BCUT2D eigenvalue weighted by Crippen LogP contribution is 2.25. The lowest BCUT2D eigenvalue weighted by atomic mass is 10.2. The standard InChI is InChI=1S/C16H18ClNO4S/c1-21-15-7-2-3-8-16(15)22-10-9-18-23(19,20)12-13-5-4-6-14(17)11-13/h2-8,11,18H,9-10,12H2,1H3. The van der Waals surface area contributed by atoms with Crippen molar-refractivity contribution in [1.29, 1.82) is 0 Å². The highest BCUT2D eigenvalue weighted by atomic mass is 35.5. The van der Waals surface area contributed by atoms with Crippen molar-refractivity contribution in [3.05, 3.63) is 59.1 Å². The summed E-state index contributed by atoms with van der Waals surface area (Å²) < 4.78 is 37.2. The van der Waals surface area contributed by atoms with E-state index < -0.39 is 10.0 Å². The smallest absolute Gasteiger partial charge is 0.215 e. The summed E-state index contributed by atoms with van der Waals surface area (Å²) >= 11 is 5.85. The third-order valence-electron chi connectivity index (χ3n) is 3.00. The first kappa shape index (κ1) is 17.6. The van der Waals surface area contributed by atoms with E-state index in [2.05, 4.69) is 4.72 Å². The molecule has 0 fully saturated rings. The van der Waals surface area contributed by atoms with Crippen LogP contribution >= 0.6 is 11.6 Å². The molecule has 0 radical (unpaired) electrons. The number of sulfonamides is 1. The summed E-state index contributed by atoms with van der Waals surface area (Å²) in [5, 5.41) is 0.511. The Kier molecular flexibility index (Phi) is 6.27. The molecule has 5 nitrogen and oxygen atoms in total. The van der Waals surface area contributed by atoms with E-state index in [0.29, 0.717) is 22.1 Å². The number of hydrogen-bond donors (Lipinski definition) is 1. The summed E-state index contributed by atoms with van der Waals surface area (Å²) in [4.78, 5) is 0. The van der Waals surface area contributed by atoms with E-state index in [-0.39, 0.29) is 18.9 Å². The van der Waals surface area contributed by atoms with Crippen LogP contribution in [0.15, 0.2) is 48.5 Å². The molecule has 0 aromatic heterocycles. The van der Waals surface area contributed by atoms with E-state index in [1.54, 1.807) is 43.5 Å². The number of rotatable bonds is 8.